The van der Waals surface area contributed by atoms with E-state index in [-0.39, 0.29) is 12.1 Å². The van der Waals surface area contributed by atoms with E-state index in [1.165, 1.54) is 17.7 Å². The zero-order chi connectivity index (χ0) is 12.3. The van der Waals surface area contributed by atoms with Crippen molar-refractivity contribution >= 4 is 11.8 Å². The molecule has 96 valence electrons. The molecule has 1 fully saturated rings. The van der Waals surface area contributed by atoms with E-state index >= 15 is 0 Å². The fourth-order valence-corrected chi connectivity index (χ4v) is 3.00. The maximum Gasteiger partial charge on any atom is 0.114 e. The van der Waals surface area contributed by atoms with Crippen molar-refractivity contribution in [2.24, 2.45) is 0 Å². The molecule has 1 unspecified atom stereocenters. The van der Waals surface area contributed by atoms with Crippen LogP contribution >= 0.6 is 11.8 Å². The standard InChI is InChI=1S/C13H21NO2S/c1-10-12(5-7-16-10)17-8-6-13(2,9-15)14-11-3-4-11/h5,7,11,14-15H,3-4,6,8-9H2,1-2H3. The lowest BCUT2D eigenvalue weighted by atomic mass is 10.0. The van der Waals surface area contributed by atoms with Gasteiger partial charge in [-0.1, -0.05) is 0 Å². The zero-order valence-electron chi connectivity index (χ0n) is 10.5. The molecule has 0 amide bonds. The summed E-state index contributed by atoms with van der Waals surface area (Å²) in [7, 11) is 0. The predicted molar refractivity (Wildman–Crippen MR) is 70.4 cm³/mol. The van der Waals surface area contributed by atoms with Gasteiger partial charge in [-0.2, -0.15) is 0 Å². The van der Waals surface area contributed by atoms with Crippen LogP contribution in [0.5, 0.6) is 0 Å². The Morgan fingerprint density at radius 1 is 1.59 bits per heavy atom. The third kappa shape index (κ3) is 3.76. The highest BCUT2D eigenvalue weighted by atomic mass is 32.2. The smallest absolute Gasteiger partial charge is 0.114 e. The molecular formula is C13H21NO2S. The second kappa shape index (κ2) is 5.46. The lowest BCUT2D eigenvalue weighted by molar-refractivity contribution is 0.169. The molecule has 0 aromatic carbocycles. The van der Waals surface area contributed by atoms with E-state index in [0.717, 1.165) is 17.9 Å². The van der Waals surface area contributed by atoms with Crippen LogP contribution in [0.15, 0.2) is 21.6 Å². The summed E-state index contributed by atoms with van der Waals surface area (Å²) in [6, 6.07) is 2.64. The predicted octanol–water partition coefficient (Wildman–Crippen LogP) is 2.57. The van der Waals surface area contributed by atoms with Crippen LogP contribution in [-0.2, 0) is 0 Å². The van der Waals surface area contributed by atoms with Crippen LogP contribution in [0, 0.1) is 6.92 Å². The maximum absolute atomic E-state index is 9.48. The normalized spacial score (nSPS) is 19.2. The van der Waals surface area contributed by atoms with Crippen LogP contribution in [-0.4, -0.2) is 29.0 Å². The summed E-state index contributed by atoms with van der Waals surface area (Å²) >= 11 is 1.80. The van der Waals surface area contributed by atoms with Crippen molar-refractivity contribution in [3.8, 4) is 0 Å². The Hall–Kier alpha value is -0.450. The van der Waals surface area contributed by atoms with Crippen LogP contribution in [0.3, 0.4) is 0 Å². The van der Waals surface area contributed by atoms with E-state index < -0.39 is 0 Å². The van der Waals surface area contributed by atoms with Crippen molar-refractivity contribution in [2.45, 2.75) is 49.6 Å². The van der Waals surface area contributed by atoms with Gasteiger partial charge in [0.15, 0.2) is 0 Å². The molecule has 1 saturated carbocycles. The molecule has 0 bridgehead atoms. The Morgan fingerprint density at radius 2 is 2.35 bits per heavy atom. The largest absolute Gasteiger partial charge is 0.468 e. The van der Waals surface area contributed by atoms with Gasteiger partial charge in [0, 0.05) is 16.5 Å². The molecule has 2 rings (SSSR count). The zero-order valence-corrected chi connectivity index (χ0v) is 11.3. The molecule has 17 heavy (non-hydrogen) atoms. The summed E-state index contributed by atoms with van der Waals surface area (Å²) in [5.74, 6) is 1.98. The number of hydrogen-bond donors (Lipinski definition) is 2. The number of hydrogen-bond acceptors (Lipinski definition) is 4. The van der Waals surface area contributed by atoms with Crippen LogP contribution in [0.1, 0.15) is 31.9 Å². The van der Waals surface area contributed by atoms with Crippen LogP contribution in [0.4, 0.5) is 0 Å². The molecule has 0 radical (unpaired) electrons. The van der Waals surface area contributed by atoms with Gasteiger partial charge in [-0.05, 0) is 44.9 Å². The minimum absolute atomic E-state index is 0.133. The summed E-state index contributed by atoms with van der Waals surface area (Å²) in [5, 5.41) is 13.0. The number of aryl methyl sites for hydroxylation is 1. The van der Waals surface area contributed by atoms with Gasteiger partial charge in [-0.3, -0.25) is 0 Å². The minimum atomic E-state index is -0.133. The van der Waals surface area contributed by atoms with Crippen molar-refractivity contribution < 1.29 is 9.52 Å². The van der Waals surface area contributed by atoms with E-state index in [1.54, 1.807) is 18.0 Å². The quantitative estimate of drug-likeness (QED) is 0.735. The second-order valence-electron chi connectivity index (χ2n) is 5.08. The topological polar surface area (TPSA) is 45.4 Å². The van der Waals surface area contributed by atoms with E-state index in [4.69, 9.17) is 4.42 Å². The molecule has 0 aliphatic heterocycles. The number of rotatable bonds is 7. The van der Waals surface area contributed by atoms with Gasteiger partial charge >= 0.3 is 0 Å². The van der Waals surface area contributed by atoms with Crippen molar-refractivity contribution in [3.05, 3.63) is 18.1 Å². The highest BCUT2D eigenvalue weighted by Gasteiger charge is 2.31. The molecular weight excluding hydrogens is 234 g/mol. The first kappa shape index (κ1) is 13.0. The van der Waals surface area contributed by atoms with Crippen molar-refractivity contribution in [1.82, 2.24) is 5.32 Å². The molecule has 3 nitrogen and oxygen atoms in total. The highest BCUT2D eigenvalue weighted by molar-refractivity contribution is 7.99. The van der Waals surface area contributed by atoms with Gasteiger partial charge in [0.2, 0.25) is 0 Å². The lowest BCUT2D eigenvalue weighted by Gasteiger charge is -2.28. The first-order valence-electron chi connectivity index (χ1n) is 6.18. The van der Waals surface area contributed by atoms with Crippen molar-refractivity contribution in [2.75, 3.05) is 12.4 Å². The Morgan fingerprint density at radius 3 is 2.88 bits per heavy atom. The molecule has 1 heterocycles. The molecule has 0 saturated heterocycles. The highest BCUT2D eigenvalue weighted by Crippen LogP contribution is 2.28. The molecule has 1 aliphatic rings. The summed E-state index contributed by atoms with van der Waals surface area (Å²) in [6.07, 6.45) is 5.20. The summed E-state index contributed by atoms with van der Waals surface area (Å²) in [4.78, 5) is 1.21. The molecule has 1 aliphatic carbocycles. The number of nitrogens with one attached hydrogen (secondary N) is 1. The third-order valence-electron chi connectivity index (χ3n) is 3.20. The first-order valence-corrected chi connectivity index (χ1v) is 7.17. The fraction of sp³-hybridized carbons (Fsp3) is 0.692. The summed E-state index contributed by atoms with van der Waals surface area (Å²) in [6.45, 7) is 4.29. The SMILES string of the molecule is Cc1occc1SCCC(C)(CO)NC1CC1. The van der Waals surface area contributed by atoms with Crippen molar-refractivity contribution in [3.63, 3.8) is 0 Å². The third-order valence-corrected chi connectivity index (χ3v) is 4.34. The minimum Gasteiger partial charge on any atom is -0.468 e. The van der Waals surface area contributed by atoms with Crippen LogP contribution in [0.2, 0.25) is 0 Å². The second-order valence-corrected chi connectivity index (χ2v) is 6.21. The van der Waals surface area contributed by atoms with Gasteiger partial charge < -0.3 is 14.8 Å². The Balaban J connectivity index is 1.77. The van der Waals surface area contributed by atoms with E-state index in [9.17, 15) is 5.11 Å². The van der Waals surface area contributed by atoms with Gasteiger partial charge in [-0.25, -0.2) is 0 Å². The van der Waals surface area contributed by atoms with Gasteiger partial charge in [-0.15, -0.1) is 11.8 Å². The lowest BCUT2D eigenvalue weighted by Crippen LogP contribution is -2.47. The Bertz CT molecular complexity index is 362. The number of aliphatic hydroxyl groups excluding tert-OH is 1. The number of aliphatic hydroxyl groups is 1. The van der Waals surface area contributed by atoms with Crippen LogP contribution in [0.25, 0.3) is 0 Å². The molecule has 1 aromatic rings. The van der Waals surface area contributed by atoms with Gasteiger partial charge in [0.25, 0.3) is 0 Å². The van der Waals surface area contributed by atoms with Crippen LogP contribution < -0.4 is 5.32 Å². The average Bonchev–Trinajstić information content (AvgIpc) is 3.02. The van der Waals surface area contributed by atoms with Gasteiger partial charge in [0.05, 0.1) is 12.9 Å². The summed E-state index contributed by atoms with van der Waals surface area (Å²) < 4.78 is 5.26. The maximum atomic E-state index is 9.48. The fourth-order valence-electron chi connectivity index (χ4n) is 1.83. The Kier molecular flexibility index (Phi) is 4.17. The molecule has 4 heteroatoms. The monoisotopic (exact) mass is 255 g/mol. The average molecular weight is 255 g/mol. The number of furan rings is 1. The molecule has 2 N–H and O–H groups in total. The van der Waals surface area contributed by atoms with Gasteiger partial charge in [0.1, 0.15) is 5.76 Å². The molecule has 1 atom stereocenters. The van der Waals surface area contributed by atoms with E-state index in [0.29, 0.717) is 6.04 Å². The number of thioether (sulfide) groups is 1. The molecule has 1 aromatic heterocycles. The van der Waals surface area contributed by atoms with E-state index in [1.807, 2.05) is 13.0 Å². The van der Waals surface area contributed by atoms with E-state index in [2.05, 4.69) is 12.2 Å². The Labute approximate surface area is 107 Å². The first-order chi connectivity index (χ1) is 8.13. The summed E-state index contributed by atoms with van der Waals surface area (Å²) in [5.41, 5.74) is -0.133. The van der Waals surface area contributed by atoms with Crippen molar-refractivity contribution in [1.29, 1.82) is 0 Å². The molecule has 0 spiro atoms.